The van der Waals surface area contributed by atoms with Gasteiger partial charge in [0.05, 0.1) is 6.42 Å². The average Bonchev–Trinajstić information content (AvgIpc) is 2.34. The van der Waals surface area contributed by atoms with Crippen molar-refractivity contribution >= 4 is 12.1 Å². The van der Waals surface area contributed by atoms with Gasteiger partial charge in [-0.2, -0.15) is 0 Å². The molecule has 0 aromatic carbocycles. The van der Waals surface area contributed by atoms with E-state index in [1.54, 1.807) is 4.90 Å². The molecule has 5 nitrogen and oxygen atoms in total. The van der Waals surface area contributed by atoms with Crippen LogP contribution in [-0.2, 0) is 9.53 Å². The first-order valence-corrected chi connectivity index (χ1v) is 7.95. The molecule has 0 unspecified atom stereocenters. The number of amides is 1. The second kappa shape index (κ2) is 5.85. The molecule has 0 aromatic heterocycles. The lowest BCUT2D eigenvalue weighted by Crippen LogP contribution is -2.57. The molecule has 0 radical (unpaired) electrons. The number of hydrogen-bond donors (Lipinski definition) is 1. The summed E-state index contributed by atoms with van der Waals surface area (Å²) >= 11 is 0. The van der Waals surface area contributed by atoms with Gasteiger partial charge < -0.3 is 14.7 Å². The number of carboxylic acids is 1. The molecule has 1 N–H and O–H groups in total. The number of aliphatic carboxylic acids is 1. The van der Waals surface area contributed by atoms with Gasteiger partial charge in [-0.3, -0.25) is 4.79 Å². The Bertz CT molecular complexity index is 411. The van der Waals surface area contributed by atoms with Crippen molar-refractivity contribution in [3.63, 3.8) is 0 Å². The highest BCUT2D eigenvalue weighted by Gasteiger charge is 2.49. The predicted octanol–water partition coefficient (Wildman–Crippen LogP) is 3.42. The van der Waals surface area contributed by atoms with Gasteiger partial charge in [0.2, 0.25) is 0 Å². The molecule has 5 heteroatoms. The van der Waals surface area contributed by atoms with Crippen molar-refractivity contribution in [2.75, 3.05) is 6.54 Å². The maximum absolute atomic E-state index is 12.5. The van der Waals surface area contributed by atoms with Gasteiger partial charge in [-0.25, -0.2) is 4.79 Å². The first-order chi connectivity index (χ1) is 9.73. The molecule has 0 bridgehead atoms. The number of carbonyl (C=O) groups excluding carboxylic acids is 1. The Morgan fingerprint density at radius 1 is 1.24 bits per heavy atom. The summed E-state index contributed by atoms with van der Waals surface area (Å²) < 4.78 is 5.52. The molecular formula is C16H27NO4. The zero-order valence-corrected chi connectivity index (χ0v) is 13.4. The highest BCUT2D eigenvalue weighted by atomic mass is 16.6. The lowest BCUT2D eigenvalue weighted by molar-refractivity contribution is -0.143. The maximum atomic E-state index is 12.5. The Kier molecular flexibility index (Phi) is 4.49. The molecule has 1 amide bonds. The molecule has 21 heavy (non-hydrogen) atoms. The molecule has 2 fully saturated rings. The van der Waals surface area contributed by atoms with Crippen LogP contribution in [0.4, 0.5) is 4.79 Å². The zero-order chi connectivity index (χ0) is 15.7. The summed E-state index contributed by atoms with van der Waals surface area (Å²) in [5.41, 5.74) is -0.766. The molecular weight excluding hydrogens is 270 g/mol. The fraction of sp³-hybridized carbons (Fsp3) is 0.875. The highest BCUT2D eigenvalue weighted by Crippen LogP contribution is 2.48. The Morgan fingerprint density at radius 3 is 2.52 bits per heavy atom. The Balaban J connectivity index is 2.19. The summed E-state index contributed by atoms with van der Waals surface area (Å²) in [5.74, 6) is -0.757. The van der Waals surface area contributed by atoms with Gasteiger partial charge in [0.15, 0.2) is 0 Å². The summed E-state index contributed by atoms with van der Waals surface area (Å²) in [4.78, 5) is 25.5. The second-order valence-corrected chi connectivity index (χ2v) is 7.47. The quantitative estimate of drug-likeness (QED) is 0.848. The summed E-state index contributed by atoms with van der Waals surface area (Å²) in [6.45, 7) is 6.27. The molecule has 1 aliphatic heterocycles. The van der Waals surface area contributed by atoms with E-state index in [9.17, 15) is 14.7 Å². The van der Waals surface area contributed by atoms with E-state index in [4.69, 9.17) is 4.74 Å². The number of hydrogen-bond acceptors (Lipinski definition) is 3. The lowest BCUT2D eigenvalue weighted by Gasteiger charge is -2.52. The fourth-order valence-corrected chi connectivity index (χ4v) is 3.96. The van der Waals surface area contributed by atoms with Crippen LogP contribution in [0, 0.1) is 5.41 Å². The number of ether oxygens (including phenoxy) is 1. The second-order valence-electron chi connectivity index (χ2n) is 7.47. The van der Waals surface area contributed by atoms with E-state index in [1.807, 2.05) is 20.8 Å². The van der Waals surface area contributed by atoms with Crippen LogP contribution in [-0.4, -0.2) is 40.3 Å². The third-order valence-corrected chi connectivity index (χ3v) is 4.69. The number of piperidine rings is 1. The largest absolute Gasteiger partial charge is 0.481 e. The third-order valence-electron chi connectivity index (χ3n) is 4.69. The van der Waals surface area contributed by atoms with Crippen molar-refractivity contribution in [2.45, 2.75) is 77.4 Å². The van der Waals surface area contributed by atoms with E-state index in [0.29, 0.717) is 6.54 Å². The van der Waals surface area contributed by atoms with Crippen LogP contribution < -0.4 is 0 Å². The highest BCUT2D eigenvalue weighted by molar-refractivity contribution is 5.70. The van der Waals surface area contributed by atoms with Crippen molar-refractivity contribution in [1.29, 1.82) is 0 Å². The number of carboxylic acid groups (broad SMARTS) is 1. The van der Waals surface area contributed by atoms with Crippen LogP contribution in [0.3, 0.4) is 0 Å². The van der Waals surface area contributed by atoms with E-state index < -0.39 is 11.6 Å². The number of rotatable bonds is 2. The minimum absolute atomic E-state index is 0.0194. The van der Waals surface area contributed by atoms with Gasteiger partial charge in [0, 0.05) is 18.0 Å². The van der Waals surface area contributed by atoms with Gasteiger partial charge in [-0.15, -0.1) is 0 Å². The summed E-state index contributed by atoms with van der Waals surface area (Å²) in [5, 5.41) is 9.28. The molecule has 2 atom stereocenters. The van der Waals surface area contributed by atoms with E-state index in [0.717, 1.165) is 38.5 Å². The van der Waals surface area contributed by atoms with Crippen molar-refractivity contribution < 1.29 is 19.4 Å². The molecule has 0 aromatic rings. The molecule has 2 rings (SSSR count). The lowest BCUT2D eigenvalue weighted by atomic mass is 9.63. The van der Waals surface area contributed by atoms with E-state index in [1.165, 1.54) is 0 Å². The number of nitrogens with zero attached hydrogens (tertiary/aromatic N) is 1. The first-order valence-electron chi connectivity index (χ1n) is 7.95. The van der Waals surface area contributed by atoms with Crippen LogP contribution in [0.5, 0.6) is 0 Å². The minimum Gasteiger partial charge on any atom is -0.481 e. The molecule has 1 heterocycles. The molecule has 0 spiro atoms. The van der Waals surface area contributed by atoms with Crippen LogP contribution in [0.15, 0.2) is 0 Å². The smallest absolute Gasteiger partial charge is 0.410 e. The van der Waals surface area contributed by atoms with Crippen LogP contribution in [0.1, 0.15) is 65.7 Å². The Hall–Kier alpha value is -1.26. The standard InChI is InChI=1S/C16H27NO4/c1-15(2,3)21-14(20)17-10-6-9-16(11-13(18)19)8-5-4-7-12(16)17/h12H,4-11H2,1-3H3,(H,18,19)/t12-,16+/m0/s1. The van der Waals surface area contributed by atoms with Gasteiger partial charge in [-0.1, -0.05) is 12.8 Å². The zero-order valence-electron chi connectivity index (χ0n) is 13.4. The van der Waals surface area contributed by atoms with Gasteiger partial charge in [0.25, 0.3) is 0 Å². The van der Waals surface area contributed by atoms with Gasteiger partial charge in [-0.05, 0) is 46.5 Å². The first kappa shape index (κ1) is 16.1. The van der Waals surface area contributed by atoms with E-state index >= 15 is 0 Å². The third kappa shape index (κ3) is 3.69. The van der Waals surface area contributed by atoms with E-state index in [2.05, 4.69) is 0 Å². The molecule has 1 saturated heterocycles. The van der Waals surface area contributed by atoms with Crippen molar-refractivity contribution in [1.82, 2.24) is 4.90 Å². The topological polar surface area (TPSA) is 66.8 Å². The normalized spacial score (nSPS) is 29.7. The van der Waals surface area contributed by atoms with Crippen molar-refractivity contribution in [2.24, 2.45) is 5.41 Å². The van der Waals surface area contributed by atoms with Gasteiger partial charge in [0.1, 0.15) is 5.60 Å². The summed E-state index contributed by atoms with van der Waals surface area (Å²) in [6.07, 6.45) is 5.57. The molecule has 2 aliphatic rings. The van der Waals surface area contributed by atoms with Crippen LogP contribution >= 0.6 is 0 Å². The minimum atomic E-state index is -0.757. The number of fused-ring (bicyclic) bond motifs is 1. The van der Waals surface area contributed by atoms with Crippen molar-refractivity contribution in [3.05, 3.63) is 0 Å². The predicted molar refractivity (Wildman–Crippen MR) is 79.1 cm³/mol. The molecule has 1 aliphatic carbocycles. The van der Waals surface area contributed by atoms with Crippen LogP contribution in [0.25, 0.3) is 0 Å². The van der Waals surface area contributed by atoms with Crippen LogP contribution in [0.2, 0.25) is 0 Å². The Labute approximate surface area is 126 Å². The van der Waals surface area contributed by atoms with Crippen molar-refractivity contribution in [3.8, 4) is 0 Å². The monoisotopic (exact) mass is 297 g/mol. The number of carbonyl (C=O) groups is 2. The summed E-state index contributed by atoms with van der Waals surface area (Å²) in [7, 11) is 0. The van der Waals surface area contributed by atoms with E-state index in [-0.39, 0.29) is 24.0 Å². The number of likely N-dealkylation sites (tertiary alicyclic amines) is 1. The molecule has 120 valence electrons. The van der Waals surface area contributed by atoms with Gasteiger partial charge >= 0.3 is 12.1 Å². The molecule has 1 saturated carbocycles. The fourth-order valence-electron chi connectivity index (χ4n) is 3.96. The maximum Gasteiger partial charge on any atom is 0.410 e. The average molecular weight is 297 g/mol. The SMILES string of the molecule is CC(C)(C)OC(=O)N1CCC[C@@]2(CC(=O)O)CCCC[C@H]12. The summed E-state index contributed by atoms with van der Waals surface area (Å²) in [6, 6.07) is 0.0194. The Morgan fingerprint density at radius 2 is 1.90 bits per heavy atom.